The predicted molar refractivity (Wildman–Crippen MR) is 178 cm³/mol. The standard InChI is InChI=1S/C36H65N3O7/c1-12-15-39-26-13-14-27(39)18-25(17-26)29-21-44-34(42)35(5,6)31(41)24(4)32(36(7,43-11)19-22(2)20-38(29)10)46-33-30(40)28(37(8)9)16-23(3)45-33/h22-30,32-33,40H,12-21H2,1-11H3/t22-,23-,24+,25?,26-,27+,28+,29+,30-,32-,33+,36-/m1/s1. The zero-order chi connectivity index (χ0) is 34.1. The van der Waals surface area contributed by atoms with Gasteiger partial charge in [0, 0.05) is 43.7 Å². The number of ketones is 1. The third kappa shape index (κ3) is 7.84. The number of cyclic esters (lactones) is 1. The number of carbonyl (C=O) groups is 2. The molecule has 4 rings (SSSR count). The maximum absolute atomic E-state index is 14.3. The number of rotatable bonds is 7. The number of hydrogen-bond donors (Lipinski definition) is 1. The first-order valence-corrected chi connectivity index (χ1v) is 17.9. The van der Waals surface area contributed by atoms with Gasteiger partial charge in [0.05, 0.1) is 17.8 Å². The van der Waals surface area contributed by atoms with Crippen LogP contribution in [-0.4, -0.2) is 134 Å². The van der Waals surface area contributed by atoms with Gasteiger partial charge in [0.1, 0.15) is 18.1 Å². The van der Waals surface area contributed by atoms with Crippen LogP contribution in [0.15, 0.2) is 0 Å². The molecule has 46 heavy (non-hydrogen) atoms. The average Bonchev–Trinajstić information content (AvgIpc) is 3.21. The van der Waals surface area contributed by atoms with Crippen LogP contribution in [0.3, 0.4) is 0 Å². The van der Waals surface area contributed by atoms with E-state index >= 15 is 0 Å². The van der Waals surface area contributed by atoms with E-state index in [1.165, 1.54) is 19.3 Å². The highest BCUT2D eigenvalue weighted by molar-refractivity contribution is 6.04. The van der Waals surface area contributed by atoms with Gasteiger partial charge in [-0.25, -0.2) is 0 Å². The van der Waals surface area contributed by atoms with Crippen LogP contribution in [0.25, 0.3) is 0 Å². The minimum Gasteiger partial charge on any atom is -0.463 e. The van der Waals surface area contributed by atoms with Gasteiger partial charge in [0.2, 0.25) is 0 Å². The molecule has 2 bridgehead atoms. The molecular formula is C36H65N3O7. The second-order valence-corrected chi connectivity index (χ2v) is 16.2. The molecule has 0 aliphatic carbocycles. The van der Waals surface area contributed by atoms with Crippen molar-refractivity contribution in [3.63, 3.8) is 0 Å². The Balaban J connectivity index is 1.64. The van der Waals surface area contributed by atoms with Crippen LogP contribution in [0, 0.1) is 23.2 Å². The Morgan fingerprint density at radius 1 is 1.04 bits per heavy atom. The van der Waals surface area contributed by atoms with E-state index in [2.05, 4.69) is 30.7 Å². The average molecular weight is 652 g/mol. The number of likely N-dealkylation sites (N-methyl/N-ethyl adjacent to an activating group) is 2. The summed E-state index contributed by atoms with van der Waals surface area (Å²) >= 11 is 0. The molecule has 4 heterocycles. The molecule has 0 saturated carbocycles. The van der Waals surface area contributed by atoms with Crippen molar-refractivity contribution >= 4 is 11.8 Å². The maximum atomic E-state index is 14.3. The van der Waals surface area contributed by atoms with Gasteiger partial charge in [0.15, 0.2) is 12.1 Å². The van der Waals surface area contributed by atoms with E-state index in [-0.39, 0.29) is 36.5 Å². The van der Waals surface area contributed by atoms with Crippen molar-refractivity contribution in [2.45, 2.75) is 148 Å². The maximum Gasteiger partial charge on any atom is 0.319 e. The third-order valence-corrected chi connectivity index (χ3v) is 11.9. The minimum absolute atomic E-state index is 0.0680. The highest BCUT2D eigenvalue weighted by atomic mass is 16.7. The number of aliphatic hydroxyl groups is 1. The first kappa shape index (κ1) is 37.7. The van der Waals surface area contributed by atoms with Gasteiger partial charge in [-0.2, -0.15) is 0 Å². The van der Waals surface area contributed by atoms with Crippen LogP contribution in [0.4, 0.5) is 0 Å². The molecule has 12 atom stereocenters. The molecule has 0 spiro atoms. The molecule has 0 aromatic rings. The van der Waals surface area contributed by atoms with Gasteiger partial charge < -0.3 is 29.0 Å². The molecular weight excluding hydrogens is 586 g/mol. The molecule has 1 unspecified atom stereocenters. The molecule has 4 aliphatic heterocycles. The van der Waals surface area contributed by atoms with Gasteiger partial charge in [-0.15, -0.1) is 0 Å². The van der Waals surface area contributed by atoms with Crippen LogP contribution < -0.4 is 0 Å². The zero-order valence-corrected chi connectivity index (χ0v) is 30.7. The molecule has 1 N–H and O–H groups in total. The highest BCUT2D eigenvalue weighted by Crippen LogP contribution is 2.42. The summed E-state index contributed by atoms with van der Waals surface area (Å²) in [6.45, 7) is 15.8. The largest absolute Gasteiger partial charge is 0.463 e. The number of aliphatic hydroxyl groups excluding tert-OH is 1. The quantitative estimate of drug-likeness (QED) is 0.322. The summed E-state index contributed by atoms with van der Waals surface area (Å²) in [4.78, 5) is 35.2. The molecule has 4 aliphatic rings. The van der Waals surface area contributed by atoms with E-state index in [0.717, 1.165) is 25.9 Å². The Kier molecular flexibility index (Phi) is 12.4. The van der Waals surface area contributed by atoms with Crippen LogP contribution in [0.2, 0.25) is 0 Å². The molecule has 0 amide bonds. The predicted octanol–water partition coefficient (Wildman–Crippen LogP) is 3.97. The molecule has 10 nitrogen and oxygen atoms in total. The second-order valence-electron chi connectivity index (χ2n) is 16.2. The van der Waals surface area contributed by atoms with Crippen LogP contribution in [-0.2, 0) is 28.5 Å². The number of hydrogen-bond acceptors (Lipinski definition) is 10. The van der Waals surface area contributed by atoms with Gasteiger partial charge in [0.25, 0.3) is 0 Å². The van der Waals surface area contributed by atoms with Crippen LogP contribution >= 0.6 is 0 Å². The Morgan fingerprint density at radius 2 is 1.67 bits per heavy atom. The zero-order valence-electron chi connectivity index (χ0n) is 30.7. The van der Waals surface area contributed by atoms with Gasteiger partial charge >= 0.3 is 5.97 Å². The van der Waals surface area contributed by atoms with Crippen molar-refractivity contribution in [2.75, 3.05) is 47.9 Å². The van der Waals surface area contributed by atoms with Crippen LogP contribution in [0.1, 0.15) is 93.4 Å². The number of Topliss-reactive ketones (excluding diaryl/α,β-unsaturated/α-hetero) is 1. The van der Waals surface area contributed by atoms with Crippen molar-refractivity contribution in [3.8, 4) is 0 Å². The number of methoxy groups -OCH3 is 1. The molecule has 10 heteroatoms. The number of piperidine rings is 1. The first-order valence-electron chi connectivity index (χ1n) is 17.9. The van der Waals surface area contributed by atoms with E-state index in [1.54, 1.807) is 27.9 Å². The fourth-order valence-corrected chi connectivity index (χ4v) is 9.31. The number of fused-ring (bicyclic) bond motifs is 2. The van der Waals surface area contributed by atoms with E-state index < -0.39 is 41.4 Å². The van der Waals surface area contributed by atoms with E-state index in [1.807, 2.05) is 32.8 Å². The number of esters is 1. The Labute approximate surface area is 278 Å². The fourth-order valence-electron chi connectivity index (χ4n) is 9.31. The molecule has 266 valence electrons. The number of ether oxygens (including phenoxy) is 4. The Morgan fingerprint density at radius 3 is 2.24 bits per heavy atom. The molecule has 0 radical (unpaired) electrons. The summed E-state index contributed by atoms with van der Waals surface area (Å²) < 4.78 is 25.2. The lowest BCUT2D eigenvalue weighted by Crippen LogP contribution is -2.59. The SMILES string of the molecule is CCCN1[C@@H]2CC[C@H]1CC([C@@H]1COC(=O)C(C)(C)C(=O)[C@H](C)[C@@H](O[C@@H]3O[C@H](C)C[C@H](N(C)C)[C@H]3O)[C@](C)(OC)C[C@@H](C)CN1C)C2. The molecule has 4 saturated heterocycles. The summed E-state index contributed by atoms with van der Waals surface area (Å²) in [5.74, 6) is -0.915. The smallest absolute Gasteiger partial charge is 0.319 e. The van der Waals surface area contributed by atoms with Crippen LogP contribution in [0.5, 0.6) is 0 Å². The lowest BCUT2D eigenvalue weighted by molar-refractivity contribution is -0.295. The van der Waals surface area contributed by atoms with Gasteiger partial charge in [-0.1, -0.05) is 20.8 Å². The summed E-state index contributed by atoms with van der Waals surface area (Å²) in [6.07, 6.45) is 4.36. The minimum atomic E-state index is -1.40. The van der Waals surface area contributed by atoms with Crippen molar-refractivity contribution in [1.29, 1.82) is 0 Å². The summed E-state index contributed by atoms with van der Waals surface area (Å²) in [5.41, 5.74) is -2.30. The van der Waals surface area contributed by atoms with E-state index in [9.17, 15) is 14.7 Å². The number of carbonyl (C=O) groups excluding carboxylic acids is 2. The molecule has 0 aromatic carbocycles. The van der Waals surface area contributed by atoms with E-state index in [0.29, 0.717) is 30.8 Å². The lowest BCUT2D eigenvalue weighted by atomic mass is 9.74. The van der Waals surface area contributed by atoms with Crippen molar-refractivity contribution in [1.82, 2.24) is 14.7 Å². The normalized spacial score (nSPS) is 43.5. The monoisotopic (exact) mass is 651 g/mol. The van der Waals surface area contributed by atoms with Gasteiger partial charge in [-0.3, -0.25) is 19.4 Å². The fraction of sp³-hybridized carbons (Fsp3) is 0.944. The van der Waals surface area contributed by atoms with E-state index in [4.69, 9.17) is 18.9 Å². The first-order chi connectivity index (χ1) is 21.5. The topological polar surface area (TPSA) is 101 Å². The molecule has 4 fully saturated rings. The van der Waals surface area contributed by atoms with Crippen molar-refractivity contribution in [3.05, 3.63) is 0 Å². The van der Waals surface area contributed by atoms with Crippen molar-refractivity contribution in [2.24, 2.45) is 23.2 Å². The van der Waals surface area contributed by atoms with Crippen molar-refractivity contribution < 1.29 is 33.6 Å². The molecule has 0 aromatic heterocycles. The number of nitrogens with zero attached hydrogens (tertiary/aromatic N) is 3. The lowest BCUT2D eigenvalue weighted by Gasteiger charge is -2.47. The Bertz CT molecular complexity index is 1030. The highest BCUT2D eigenvalue weighted by Gasteiger charge is 2.52. The summed E-state index contributed by atoms with van der Waals surface area (Å²) in [5, 5.41) is 11.4. The summed E-state index contributed by atoms with van der Waals surface area (Å²) in [7, 11) is 7.69. The van der Waals surface area contributed by atoms with Gasteiger partial charge in [-0.05, 0) is 112 Å². The second kappa shape index (κ2) is 15.2. The third-order valence-electron chi connectivity index (χ3n) is 11.9. The Hall–Kier alpha value is -1.14. The summed E-state index contributed by atoms with van der Waals surface area (Å²) in [6, 6.07) is 1.09.